The van der Waals surface area contributed by atoms with Gasteiger partial charge in [-0.3, -0.25) is 9.59 Å². The molecule has 7 nitrogen and oxygen atoms in total. The van der Waals surface area contributed by atoms with Crippen molar-refractivity contribution in [2.75, 3.05) is 25.9 Å². The van der Waals surface area contributed by atoms with Gasteiger partial charge in [0.05, 0.1) is 5.75 Å². The summed E-state index contributed by atoms with van der Waals surface area (Å²) in [5.41, 5.74) is -1.12. The molecule has 19 heavy (non-hydrogen) atoms. The first-order valence-electron chi connectivity index (χ1n) is 6.07. The van der Waals surface area contributed by atoms with Crippen LogP contribution in [0.3, 0.4) is 0 Å². The molecule has 1 heterocycles. The fourth-order valence-electron chi connectivity index (χ4n) is 2.20. The molecule has 0 aromatic carbocycles. The Morgan fingerprint density at radius 3 is 2.47 bits per heavy atom. The van der Waals surface area contributed by atoms with Crippen molar-refractivity contribution >= 4 is 21.9 Å². The number of likely N-dealkylation sites (N-methyl/N-ethyl adjacent to an activating group) is 1. The van der Waals surface area contributed by atoms with E-state index in [-0.39, 0.29) is 31.0 Å². The maximum absolute atomic E-state index is 12.2. The van der Waals surface area contributed by atoms with Crippen molar-refractivity contribution in [2.24, 2.45) is 0 Å². The number of carboxylic acid groups (broad SMARTS) is 1. The fourth-order valence-corrected chi connectivity index (χ4v) is 4.06. The van der Waals surface area contributed by atoms with Gasteiger partial charge in [0.2, 0.25) is 15.9 Å². The van der Waals surface area contributed by atoms with Crippen LogP contribution in [0.25, 0.3) is 0 Å². The molecule has 0 saturated carbocycles. The molecular weight excluding hydrogens is 272 g/mol. The second kappa shape index (κ2) is 5.46. The number of carbonyl (C=O) groups excluding carboxylic acids is 1. The zero-order valence-corrected chi connectivity index (χ0v) is 12.2. The Morgan fingerprint density at radius 1 is 1.37 bits per heavy atom. The first kappa shape index (κ1) is 15.9. The molecule has 0 radical (unpaired) electrons. The summed E-state index contributed by atoms with van der Waals surface area (Å²) in [4.78, 5) is 23.9. The number of aliphatic carboxylic acids is 1. The smallest absolute Gasteiger partial charge is 0.303 e. The van der Waals surface area contributed by atoms with Crippen molar-refractivity contribution in [3.63, 3.8) is 0 Å². The zero-order chi connectivity index (χ0) is 14.8. The van der Waals surface area contributed by atoms with Crippen LogP contribution < -0.4 is 0 Å². The van der Waals surface area contributed by atoms with Crippen LogP contribution in [-0.4, -0.2) is 66.0 Å². The van der Waals surface area contributed by atoms with Gasteiger partial charge in [0.15, 0.2) is 0 Å². The lowest BCUT2D eigenvalue weighted by Crippen LogP contribution is -2.63. The maximum atomic E-state index is 12.2. The number of nitrogens with zero attached hydrogens (tertiary/aromatic N) is 2. The largest absolute Gasteiger partial charge is 0.481 e. The average molecular weight is 292 g/mol. The Labute approximate surface area is 113 Å². The summed E-state index contributed by atoms with van der Waals surface area (Å²) >= 11 is 0. The van der Waals surface area contributed by atoms with Gasteiger partial charge in [0.1, 0.15) is 5.54 Å². The quantitative estimate of drug-likeness (QED) is 0.753. The molecule has 1 saturated heterocycles. The Bertz CT molecular complexity index is 471. The van der Waals surface area contributed by atoms with E-state index in [0.717, 1.165) is 0 Å². The number of rotatable bonds is 5. The molecule has 8 heteroatoms. The minimum Gasteiger partial charge on any atom is -0.481 e. The van der Waals surface area contributed by atoms with Crippen LogP contribution in [0.1, 0.15) is 26.7 Å². The van der Waals surface area contributed by atoms with Gasteiger partial charge in [0.25, 0.3) is 0 Å². The van der Waals surface area contributed by atoms with Gasteiger partial charge in [-0.2, -0.15) is 4.31 Å². The van der Waals surface area contributed by atoms with E-state index >= 15 is 0 Å². The van der Waals surface area contributed by atoms with Crippen LogP contribution in [-0.2, 0) is 19.6 Å². The Balaban J connectivity index is 2.83. The second-order valence-corrected chi connectivity index (χ2v) is 7.18. The SMILES string of the molecule is CN1CCN(S(=O)(=O)CCCC(=O)O)C(C)(C)C1=O. The average Bonchev–Trinajstić information content (AvgIpc) is 2.24. The van der Waals surface area contributed by atoms with Gasteiger partial charge in [-0.05, 0) is 20.3 Å². The highest BCUT2D eigenvalue weighted by Gasteiger charge is 2.46. The normalized spacial score (nSPS) is 20.6. The van der Waals surface area contributed by atoms with E-state index in [1.165, 1.54) is 9.21 Å². The van der Waals surface area contributed by atoms with Crippen molar-refractivity contribution in [1.82, 2.24) is 9.21 Å². The van der Waals surface area contributed by atoms with E-state index in [1.54, 1.807) is 20.9 Å². The predicted molar refractivity (Wildman–Crippen MR) is 69.1 cm³/mol. The number of piperazine rings is 1. The monoisotopic (exact) mass is 292 g/mol. The lowest BCUT2D eigenvalue weighted by atomic mass is 10.0. The first-order valence-corrected chi connectivity index (χ1v) is 7.68. The van der Waals surface area contributed by atoms with Crippen molar-refractivity contribution in [1.29, 1.82) is 0 Å². The van der Waals surface area contributed by atoms with Crippen LogP contribution in [0.2, 0.25) is 0 Å². The van der Waals surface area contributed by atoms with Gasteiger partial charge in [0, 0.05) is 26.6 Å². The number of carbonyl (C=O) groups is 2. The lowest BCUT2D eigenvalue weighted by Gasteiger charge is -2.43. The van der Waals surface area contributed by atoms with Crippen LogP contribution in [0, 0.1) is 0 Å². The summed E-state index contributed by atoms with van der Waals surface area (Å²) in [5, 5.41) is 8.53. The molecule has 0 atom stereocenters. The molecule has 0 aromatic rings. The highest BCUT2D eigenvalue weighted by Crippen LogP contribution is 2.25. The topological polar surface area (TPSA) is 95.0 Å². The summed E-state index contributed by atoms with van der Waals surface area (Å²) in [5.74, 6) is -1.52. The van der Waals surface area contributed by atoms with E-state index in [0.29, 0.717) is 6.54 Å². The third kappa shape index (κ3) is 3.44. The fraction of sp³-hybridized carbons (Fsp3) is 0.818. The van der Waals surface area contributed by atoms with E-state index in [1.807, 2.05) is 0 Å². The van der Waals surface area contributed by atoms with Gasteiger partial charge in [-0.15, -0.1) is 0 Å². The molecule has 1 aliphatic heterocycles. The van der Waals surface area contributed by atoms with Crippen molar-refractivity contribution in [3.05, 3.63) is 0 Å². The molecule has 1 rings (SSSR count). The summed E-state index contributed by atoms with van der Waals surface area (Å²) in [7, 11) is -1.98. The highest BCUT2D eigenvalue weighted by molar-refractivity contribution is 7.89. The molecule has 1 aliphatic rings. The molecule has 1 amide bonds. The van der Waals surface area contributed by atoms with Crippen LogP contribution in [0.15, 0.2) is 0 Å². The van der Waals surface area contributed by atoms with Crippen molar-refractivity contribution in [2.45, 2.75) is 32.2 Å². The van der Waals surface area contributed by atoms with E-state index in [2.05, 4.69) is 0 Å². The third-order valence-corrected chi connectivity index (χ3v) is 5.38. The van der Waals surface area contributed by atoms with Crippen molar-refractivity contribution < 1.29 is 23.1 Å². The molecule has 1 N–H and O–H groups in total. The number of sulfonamides is 1. The number of amides is 1. The lowest BCUT2D eigenvalue weighted by molar-refractivity contribution is -0.142. The van der Waals surface area contributed by atoms with Crippen LogP contribution >= 0.6 is 0 Å². The third-order valence-electron chi connectivity index (χ3n) is 3.26. The summed E-state index contributed by atoms with van der Waals surface area (Å²) in [6.45, 7) is 3.73. The van der Waals surface area contributed by atoms with E-state index in [9.17, 15) is 18.0 Å². The summed E-state index contributed by atoms with van der Waals surface area (Å²) < 4.78 is 25.6. The minimum absolute atomic E-state index is 0.0499. The van der Waals surface area contributed by atoms with E-state index in [4.69, 9.17) is 5.11 Å². The Hall–Kier alpha value is -1.15. The van der Waals surface area contributed by atoms with Crippen LogP contribution in [0.4, 0.5) is 0 Å². The van der Waals surface area contributed by atoms with Gasteiger partial charge in [-0.25, -0.2) is 8.42 Å². The first-order chi connectivity index (χ1) is 8.59. The molecule has 0 aromatic heterocycles. The molecule has 110 valence electrons. The van der Waals surface area contributed by atoms with Gasteiger partial charge in [-0.1, -0.05) is 0 Å². The Kier molecular flexibility index (Phi) is 4.57. The van der Waals surface area contributed by atoms with E-state index < -0.39 is 21.5 Å². The highest BCUT2D eigenvalue weighted by atomic mass is 32.2. The molecule has 0 aliphatic carbocycles. The zero-order valence-electron chi connectivity index (χ0n) is 11.4. The molecule has 0 bridgehead atoms. The standard InChI is InChI=1S/C11H20N2O5S/c1-11(2)10(16)12(3)6-7-13(11)19(17,18)8-4-5-9(14)15/h4-8H2,1-3H3,(H,14,15). The summed E-state index contributed by atoms with van der Waals surface area (Å²) in [6.07, 6.45) is -0.143. The number of carboxylic acids is 1. The number of hydrogen-bond acceptors (Lipinski definition) is 4. The minimum atomic E-state index is -3.62. The van der Waals surface area contributed by atoms with Crippen LogP contribution in [0.5, 0.6) is 0 Å². The van der Waals surface area contributed by atoms with Crippen molar-refractivity contribution in [3.8, 4) is 0 Å². The van der Waals surface area contributed by atoms with Gasteiger partial charge >= 0.3 is 5.97 Å². The predicted octanol–water partition coefficient (Wildman–Crippen LogP) is -0.266. The number of hydrogen-bond donors (Lipinski definition) is 1. The molecule has 0 unspecified atom stereocenters. The second-order valence-electron chi connectivity index (χ2n) is 5.17. The Morgan fingerprint density at radius 2 is 1.95 bits per heavy atom. The van der Waals surface area contributed by atoms with Gasteiger partial charge < -0.3 is 10.0 Å². The molecule has 0 spiro atoms. The summed E-state index contributed by atoms with van der Waals surface area (Å²) in [6, 6.07) is 0. The molecule has 1 fully saturated rings. The maximum Gasteiger partial charge on any atom is 0.303 e. The molecular formula is C11H20N2O5S.